The van der Waals surface area contributed by atoms with Gasteiger partial charge in [-0.2, -0.15) is 0 Å². The average Bonchev–Trinajstić information content (AvgIpc) is 2.03. The summed E-state index contributed by atoms with van der Waals surface area (Å²) in [6.45, 7) is 9.26. The molecular weight excluding hydrogens is 148 g/mol. The smallest absolute Gasteiger partial charge is 0.0220 e. The molecule has 1 fully saturated rings. The molecule has 0 aliphatic carbocycles. The number of rotatable bonds is 2. The van der Waals surface area contributed by atoms with Gasteiger partial charge in [-0.25, -0.2) is 0 Å². The third-order valence-corrected chi connectivity index (χ3v) is 2.79. The summed E-state index contributed by atoms with van der Waals surface area (Å²) in [6.07, 6.45) is 1.24. The van der Waals surface area contributed by atoms with Crippen LogP contribution in [0.5, 0.6) is 0 Å². The first-order valence-electron chi connectivity index (χ1n) is 5.08. The molecule has 2 nitrogen and oxygen atoms in total. The summed E-state index contributed by atoms with van der Waals surface area (Å²) in [7, 11) is 2.22. The van der Waals surface area contributed by atoms with Crippen LogP contribution in [-0.4, -0.2) is 37.1 Å². The second-order valence-corrected chi connectivity index (χ2v) is 4.34. The summed E-state index contributed by atoms with van der Waals surface area (Å²) in [4.78, 5) is 2.44. The molecule has 0 aromatic carbocycles. The van der Waals surface area contributed by atoms with Crippen molar-refractivity contribution in [3.63, 3.8) is 0 Å². The quantitative estimate of drug-likeness (QED) is 0.672. The van der Waals surface area contributed by atoms with E-state index >= 15 is 0 Å². The van der Waals surface area contributed by atoms with Gasteiger partial charge in [-0.3, -0.25) is 0 Å². The molecule has 1 rings (SSSR count). The lowest BCUT2D eigenvalue weighted by atomic mass is 9.99. The molecule has 1 saturated heterocycles. The van der Waals surface area contributed by atoms with Crippen molar-refractivity contribution in [1.29, 1.82) is 0 Å². The van der Waals surface area contributed by atoms with Crippen molar-refractivity contribution in [3.8, 4) is 0 Å². The largest absolute Gasteiger partial charge is 0.308 e. The molecule has 0 spiro atoms. The first-order valence-corrected chi connectivity index (χ1v) is 5.08. The van der Waals surface area contributed by atoms with Crippen molar-refractivity contribution >= 4 is 0 Å². The standard InChI is InChI=1S/C10H22N2/c1-5-9-6-12(4)7-10(11-9)8(2)3/h8-11H,5-7H2,1-4H3/t9?,10-/m0/s1. The molecule has 12 heavy (non-hydrogen) atoms. The van der Waals surface area contributed by atoms with Gasteiger partial charge in [-0.05, 0) is 19.4 Å². The Kier molecular flexibility index (Phi) is 3.53. The molecule has 0 aromatic heterocycles. The van der Waals surface area contributed by atoms with E-state index in [4.69, 9.17) is 0 Å². The Balaban J connectivity index is 2.45. The molecule has 0 bridgehead atoms. The van der Waals surface area contributed by atoms with E-state index in [1.54, 1.807) is 0 Å². The Bertz CT molecular complexity index is 134. The predicted octanol–water partition coefficient (Wildman–Crippen LogP) is 1.32. The van der Waals surface area contributed by atoms with Crippen molar-refractivity contribution < 1.29 is 0 Å². The number of hydrogen-bond acceptors (Lipinski definition) is 2. The summed E-state index contributed by atoms with van der Waals surface area (Å²) in [6, 6.07) is 1.39. The highest BCUT2D eigenvalue weighted by Crippen LogP contribution is 2.11. The van der Waals surface area contributed by atoms with Crippen LogP contribution < -0.4 is 5.32 Å². The number of nitrogens with one attached hydrogen (secondary N) is 1. The molecule has 2 atom stereocenters. The minimum atomic E-state index is 0.689. The van der Waals surface area contributed by atoms with Crippen LogP contribution in [0.15, 0.2) is 0 Å². The van der Waals surface area contributed by atoms with Crippen molar-refractivity contribution in [1.82, 2.24) is 10.2 Å². The monoisotopic (exact) mass is 170 g/mol. The summed E-state index contributed by atoms with van der Waals surface area (Å²) < 4.78 is 0. The van der Waals surface area contributed by atoms with Gasteiger partial charge in [0.2, 0.25) is 0 Å². The van der Waals surface area contributed by atoms with Gasteiger partial charge in [0, 0.05) is 25.2 Å². The van der Waals surface area contributed by atoms with Crippen LogP contribution in [0.25, 0.3) is 0 Å². The molecule has 1 aliphatic heterocycles. The summed E-state index contributed by atoms with van der Waals surface area (Å²) >= 11 is 0. The van der Waals surface area contributed by atoms with E-state index in [0.29, 0.717) is 12.1 Å². The second-order valence-electron chi connectivity index (χ2n) is 4.34. The molecule has 1 heterocycles. The Morgan fingerprint density at radius 1 is 1.42 bits per heavy atom. The van der Waals surface area contributed by atoms with Gasteiger partial charge in [-0.1, -0.05) is 20.8 Å². The zero-order chi connectivity index (χ0) is 9.14. The predicted molar refractivity (Wildman–Crippen MR) is 53.3 cm³/mol. The fraction of sp³-hybridized carbons (Fsp3) is 1.00. The second kappa shape index (κ2) is 4.24. The summed E-state index contributed by atoms with van der Waals surface area (Å²) in [5.41, 5.74) is 0. The number of likely N-dealkylation sites (N-methyl/N-ethyl adjacent to an activating group) is 1. The molecule has 2 heteroatoms. The average molecular weight is 170 g/mol. The first kappa shape index (κ1) is 10.0. The van der Waals surface area contributed by atoms with Crippen LogP contribution >= 0.6 is 0 Å². The lowest BCUT2D eigenvalue weighted by Gasteiger charge is -2.38. The zero-order valence-corrected chi connectivity index (χ0v) is 8.80. The van der Waals surface area contributed by atoms with Crippen LogP contribution in [0.1, 0.15) is 27.2 Å². The molecule has 0 radical (unpaired) electrons. The molecule has 1 unspecified atom stereocenters. The van der Waals surface area contributed by atoms with E-state index < -0.39 is 0 Å². The number of hydrogen-bond donors (Lipinski definition) is 1. The molecule has 0 aromatic rings. The van der Waals surface area contributed by atoms with E-state index in [1.165, 1.54) is 19.5 Å². The molecule has 0 amide bonds. The van der Waals surface area contributed by atoms with E-state index in [2.05, 4.69) is 38.0 Å². The maximum absolute atomic E-state index is 3.69. The topological polar surface area (TPSA) is 15.3 Å². The Labute approximate surface area is 76.3 Å². The Hall–Kier alpha value is -0.0800. The van der Waals surface area contributed by atoms with Gasteiger partial charge >= 0.3 is 0 Å². The van der Waals surface area contributed by atoms with Crippen LogP contribution in [-0.2, 0) is 0 Å². The van der Waals surface area contributed by atoms with E-state index in [-0.39, 0.29) is 0 Å². The molecule has 1 N–H and O–H groups in total. The van der Waals surface area contributed by atoms with E-state index in [1.807, 2.05) is 0 Å². The van der Waals surface area contributed by atoms with Gasteiger partial charge in [0.15, 0.2) is 0 Å². The van der Waals surface area contributed by atoms with Crippen LogP contribution in [0.2, 0.25) is 0 Å². The van der Waals surface area contributed by atoms with Crippen molar-refractivity contribution in [3.05, 3.63) is 0 Å². The number of nitrogens with zero attached hydrogens (tertiary/aromatic N) is 1. The highest BCUT2D eigenvalue weighted by molar-refractivity contribution is 4.85. The molecular formula is C10H22N2. The highest BCUT2D eigenvalue weighted by atomic mass is 15.2. The maximum Gasteiger partial charge on any atom is 0.0220 e. The van der Waals surface area contributed by atoms with Crippen molar-refractivity contribution in [2.24, 2.45) is 5.92 Å². The normalized spacial score (nSPS) is 32.8. The first-order chi connectivity index (χ1) is 5.63. The fourth-order valence-corrected chi connectivity index (χ4v) is 1.84. The Morgan fingerprint density at radius 2 is 2.08 bits per heavy atom. The van der Waals surface area contributed by atoms with Gasteiger partial charge in [0.25, 0.3) is 0 Å². The van der Waals surface area contributed by atoms with Gasteiger partial charge in [0.05, 0.1) is 0 Å². The maximum atomic E-state index is 3.69. The minimum Gasteiger partial charge on any atom is -0.308 e. The molecule has 72 valence electrons. The summed E-state index contributed by atoms with van der Waals surface area (Å²) in [5.74, 6) is 0.752. The van der Waals surface area contributed by atoms with Crippen molar-refractivity contribution in [2.45, 2.75) is 39.3 Å². The van der Waals surface area contributed by atoms with Crippen LogP contribution in [0.4, 0.5) is 0 Å². The van der Waals surface area contributed by atoms with Gasteiger partial charge in [0.1, 0.15) is 0 Å². The lowest BCUT2D eigenvalue weighted by molar-refractivity contribution is 0.162. The van der Waals surface area contributed by atoms with Gasteiger partial charge in [-0.15, -0.1) is 0 Å². The Morgan fingerprint density at radius 3 is 2.58 bits per heavy atom. The van der Waals surface area contributed by atoms with E-state index in [0.717, 1.165) is 5.92 Å². The number of piperazine rings is 1. The van der Waals surface area contributed by atoms with Crippen molar-refractivity contribution in [2.75, 3.05) is 20.1 Å². The molecule has 0 saturated carbocycles. The van der Waals surface area contributed by atoms with Crippen LogP contribution in [0, 0.1) is 5.92 Å². The SMILES string of the molecule is CCC1CN(C)C[C@@H](C(C)C)N1. The lowest BCUT2D eigenvalue weighted by Crippen LogP contribution is -2.56. The van der Waals surface area contributed by atoms with Gasteiger partial charge < -0.3 is 10.2 Å². The summed E-state index contributed by atoms with van der Waals surface area (Å²) in [5, 5.41) is 3.69. The van der Waals surface area contributed by atoms with E-state index in [9.17, 15) is 0 Å². The fourth-order valence-electron chi connectivity index (χ4n) is 1.84. The highest BCUT2D eigenvalue weighted by Gasteiger charge is 2.24. The molecule has 1 aliphatic rings. The minimum absolute atomic E-state index is 0.689. The third kappa shape index (κ3) is 2.46. The van der Waals surface area contributed by atoms with Crippen LogP contribution in [0.3, 0.4) is 0 Å². The zero-order valence-electron chi connectivity index (χ0n) is 8.80. The third-order valence-electron chi connectivity index (χ3n) is 2.79.